The predicted octanol–water partition coefficient (Wildman–Crippen LogP) is 3.37. The van der Waals surface area contributed by atoms with Crippen molar-refractivity contribution in [2.45, 2.75) is 4.21 Å². The summed E-state index contributed by atoms with van der Waals surface area (Å²) in [6, 6.07) is 8.11. The average Bonchev–Trinajstić information content (AvgIpc) is 2.87. The molecule has 0 aliphatic heterocycles. The SMILES string of the molecule is O=S(=O)(N/N=C/c1c(Cl)cccc1Cl)c1cccs1. The van der Waals surface area contributed by atoms with E-state index in [0.717, 1.165) is 11.3 Å². The Hall–Kier alpha value is -1.08. The van der Waals surface area contributed by atoms with Crippen molar-refractivity contribution in [1.82, 2.24) is 4.83 Å². The van der Waals surface area contributed by atoms with E-state index in [1.54, 1.807) is 29.6 Å². The third kappa shape index (κ3) is 3.48. The van der Waals surface area contributed by atoms with Gasteiger partial charge >= 0.3 is 0 Å². The van der Waals surface area contributed by atoms with Gasteiger partial charge in [-0.05, 0) is 23.6 Å². The zero-order chi connectivity index (χ0) is 13.9. The summed E-state index contributed by atoms with van der Waals surface area (Å²) in [7, 11) is -3.63. The van der Waals surface area contributed by atoms with Gasteiger partial charge in [-0.1, -0.05) is 35.3 Å². The Bertz CT molecular complexity index is 677. The van der Waals surface area contributed by atoms with E-state index in [4.69, 9.17) is 23.2 Å². The molecule has 19 heavy (non-hydrogen) atoms. The molecular formula is C11H8Cl2N2O2S2. The van der Waals surface area contributed by atoms with Crippen molar-refractivity contribution >= 4 is 50.8 Å². The van der Waals surface area contributed by atoms with Crippen molar-refractivity contribution in [2.75, 3.05) is 0 Å². The van der Waals surface area contributed by atoms with Gasteiger partial charge in [0.2, 0.25) is 0 Å². The largest absolute Gasteiger partial charge is 0.286 e. The Morgan fingerprint density at radius 1 is 1.16 bits per heavy atom. The summed E-state index contributed by atoms with van der Waals surface area (Å²) in [5, 5.41) is 6.13. The number of hydrogen-bond donors (Lipinski definition) is 1. The maximum Gasteiger partial charge on any atom is 0.286 e. The first-order valence-electron chi connectivity index (χ1n) is 5.03. The minimum Gasteiger partial charge on any atom is -0.199 e. The van der Waals surface area contributed by atoms with Crippen LogP contribution in [0.25, 0.3) is 0 Å². The summed E-state index contributed by atoms with van der Waals surface area (Å²) in [5.41, 5.74) is 0.458. The molecule has 100 valence electrons. The second-order valence-corrected chi connectivity index (χ2v) is 7.07. The minimum absolute atomic E-state index is 0.190. The van der Waals surface area contributed by atoms with Gasteiger partial charge in [0.1, 0.15) is 4.21 Å². The first-order valence-corrected chi connectivity index (χ1v) is 8.15. The van der Waals surface area contributed by atoms with E-state index in [-0.39, 0.29) is 4.21 Å². The molecule has 1 aromatic carbocycles. The Labute approximate surface area is 124 Å². The molecule has 0 saturated heterocycles. The molecule has 1 aromatic heterocycles. The predicted molar refractivity (Wildman–Crippen MR) is 78.7 cm³/mol. The summed E-state index contributed by atoms with van der Waals surface area (Å²) in [6.07, 6.45) is 1.27. The minimum atomic E-state index is -3.63. The van der Waals surface area contributed by atoms with Gasteiger partial charge in [-0.25, -0.2) is 0 Å². The normalized spacial score (nSPS) is 11.9. The van der Waals surface area contributed by atoms with Crippen LogP contribution in [-0.4, -0.2) is 14.6 Å². The Morgan fingerprint density at radius 2 is 1.84 bits per heavy atom. The second-order valence-electron chi connectivity index (χ2n) is 3.42. The Balaban J connectivity index is 2.17. The van der Waals surface area contributed by atoms with Crippen molar-refractivity contribution in [1.29, 1.82) is 0 Å². The molecule has 0 bridgehead atoms. The molecule has 1 heterocycles. The van der Waals surface area contributed by atoms with Gasteiger partial charge < -0.3 is 0 Å². The van der Waals surface area contributed by atoms with E-state index in [0.29, 0.717) is 15.6 Å². The van der Waals surface area contributed by atoms with Crippen LogP contribution in [0.2, 0.25) is 10.0 Å². The molecule has 2 aromatic rings. The van der Waals surface area contributed by atoms with E-state index < -0.39 is 10.0 Å². The summed E-state index contributed by atoms with van der Waals surface area (Å²) in [4.78, 5) is 2.10. The van der Waals surface area contributed by atoms with E-state index in [1.807, 2.05) is 0 Å². The van der Waals surface area contributed by atoms with Crippen LogP contribution >= 0.6 is 34.5 Å². The maximum absolute atomic E-state index is 11.8. The van der Waals surface area contributed by atoms with Crippen LogP contribution in [0.4, 0.5) is 0 Å². The zero-order valence-electron chi connectivity index (χ0n) is 9.38. The number of nitrogens with zero attached hydrogens (tertiary/aromatic N) is 1. The number of halogens is 2. The van der Waals surface area contributed by atoms with E-state index in [1.165, 1.54) is 12.3 Å². The van der Waals surface area contributed by atoms with Crippen molar-refractivity contribution in [3.05, 3.63) is 51.3 Å². The van der Waals surface area contributed by atoms with Gasteiger partial charge in [0.25, 0.3) is 10.0 Å². The first kappa shape index (κ1) is 14.3. The molecule has 0 spiro atoms. The van der Waals surface area contributed by atoms with Gasteiger partial charge in [0, 0.05) is 5.56 Å². The number of hydrogen-bond acceptors (Lipinski definition) is 4. The molecule has 0 aliphatic rings. The van der Waals surface area contributed by atoms with Gasteiger partial charge in [0.15, 0.2) is 0 Å². The molecule has 0 aliphatic carbocycles. The molecule has 2 rings (SSSR count). The molecule has 8 heteroatoms. The van der Waals surface area contributed by atoms with Crippen molar-refractivity contribution in [3.63, 3.8) is 0 Å². The lowest BCUT2D eigenvalue weighted by Gasteiger charge is -2.02. The molecule has 0 fully saturated rings. The van der Waals surface area contributed by atoms with E-state index >= 15 is 0 Å². The zero-order valence-corrected chi connectivity index (χ0v) is 12.5. The molecule has 0 amide bonds. The maximum atomic E-state index is 11.8. The lowest BCUT2D eigenvalue weighted by molar-refractivity contribution is 0.587. The molecule has 4 nitrogen and oxygen atoms in total. The molecule has 0 unspecified atom stereocenters. The van der Waals surface area contributed by atoms with Crippen LogP contribution in [0.5, 0.6) is 0 Å². The summed E-state index contributed by atoms with van der Waals surface area (Å²) >= 11 is 13.0. The summed E-state index contributed by atoms with van der Waals surface area (Å²) < 4.78 is 23.7. The number of rotatable bonds is 4. The van der Waals surface area contributed by atoms with Crippen LogP contribution in [0.15, 0.2) is 45.0 Å². The fourth-order valence-corrected chi connectivity index (χ4v) is 3.52. The van der Waals surface area contributed by atoms with E-state index in [2.05, 4.69) is 9.93 Å². The second kappa shape index (κ2) is 5.92. The molecule has 1 N–H and O–H groups in total. The monoisotopic (exact) mass is 334 g/mol. The fraction of sp³-hybridized carbons (Fsp3) is 0. The first-order chi connectivity index (χ1) is 9.00. The van der Waals surface area contributed by atoms with Gasteiger partial charge in [0.05, 0.1) is 16.3 Å². The number of thiophene rings is 1. The van der Waals surface area contributed by atoms with Crippen molar-refractivity contribution < 1.29 is 8.42 Å². The number of benzene rings is 1. The van der Waals surface area contributed by atoms with Crippen molar-refractivity contribution in [2.24, 2.45) is 5.10 Å². The summed E-state index contributed by atoms with van der Waals surface area (Å²) in [6.45, 7) is 0. The average molecular weight is 335 g/mol. The quantitative estimate of drug-likeness (QED) is 0.688. The molecular weight excluding hydrogens is 327 g/mol. The lowest BCUT2D eigenvalue weighted by Crippen LogP contribution is -2.17. The van der Waals surface area contributed by atoms with Crippen LogP contribution in [0.3, 0.4) is 0 Å². The molecule has 0 saturated carbocycles. The van der Waals surface area contributed by atoms with Gasteiger partial charge in [-0.15, -0.1) is 11.3 Å². The Kier molecular flexibility index (Phi) is 4.46. The number of sulfonamides is 1. The Morgan fingerprint density at radius 3 is 2.42 bits per heavy atom. The van der Waals surface area contributed by atoms with Gasteiger partial charge in [-0.3, -0.25) is 0 Å². The number of hydrazone groups is 1. The van der Waals surface area contributed by atoms with Crippen LogP contribution < -0.4 is 4.83 Å². The third-order valence-electron chi connectivity index (χ3n) is 2.13. The highest BCUT2D eigenvalue weighted by Gasteiger charge is 2.13. The van der Waals surface area contributed by atoms with Crippen molar-refractivity contribution in [3.8, 4) is 0 Å². The standard InChI is InChI=1S/C11H8Cl2N2O2S2/c12-9-3-1-4-10(13)8(9)7-14-15-19(16,17)11-5-2-6-18-11/h1-7,15H/b14-7+. The highest BCUT2D eigenvalue weighted by Crippen LogP contribution is 2.22. The summed E-state index contributed by atoms with van der Waals surface area (Å²) in [5.74, 6) is 0. The smallest absolute Gasteiger partial charge is 0.199 e. The number of nitrogens with one attached hydrogen (secondary N) is 1. The third-order valence-corrected chi connectivity index (χ3v) is 5.41. The fourth-order valence-electron chi connectivity index (χ4n) is 1.26. The highest BCUT2D eigenvalue weighted by molar-refractivity contribution is 7.91. The topological polar surface area (TPSA) is 58.5 Å². The van der Waals surface area contributed by atoms with E-state index in [9.17, 15) is 8.42 Å². The molecule has 0 radical (unpaired) electrons. The highest BCUT2D eigenvalue weighted by atomic mass is 35.5. The van der Waals surface area contributed by atoms with Gasteiger partial charge in [-0.2, -0.15) is 18.4 Å². The van der Waals surface area contributed by atoms with Crippen LogP contribution in [0.1, 0.15) is 5.56 Å². The van der Waals surface area contributed by atoms with Crippen LogP contribution in [0, 0.1) is 0 Å². The van der Waals surface area contributed by atoms with Crippen LogP contribution in [-0.2, 0) is 10.0 Å². The molecule has 0 atom stereocenters. The lowest BCUT2D eigenvalue weighted by atomic mass is 10.2.